The molecule has 0 aromatic carbocycles. The molecule has 0 bridgehead atoms. The molecule has 0 aromatic rings. The highest BCUT2D eigenvalue weighted by molar-refractivity contribution is 4.78. The van der Waals surface area contributed by atoms with Crippen LogP contribution in [-0.4, -0.2) is 46.3 Å². The Bertz CT molecular complexity index is 149. The summed E-state index contributed by atoms with van der Waals surface area (Å²) in [6.45, 7) is 6.64. The molecule has 1 unspecified atom stereocenters. The van der Waals surface area contributed by atoms with Crippen molar-refractivity contribution in [2.45, 2.75) is 38.9 Å². The number of nitrogens with zero attached hydrogens (tertiary/aromatic N) is 1. The molecule has 1 heterocycles. The Kier molecular flexibility index (Phi) is 2.73. The first-order valence-electron chi connectivity index (χ1n) is 4.16. The highest BCUT2D eigenvalue weighted by Crippen LogP contribution is 2.16. The minimum atomic E-state index is -0.881. The molecule has 1 atom stereocenters. The Labute approximate surface area is 72.7 Å². The molecule has 0 saturated carbocycles. The Morgan fingerprint density at radius 2 is 1.92 bits per heavy atom. The fourth-order valence-corrected chi connectivity index (χ4v) is 1.06. The fourth-order valence-electron chi connectivity index (χ4n) is 1.06. The summed E-state index contributed by atoms with van der Waals surface area (Å²) in [5.41, 5.74) is -0.347. The fraction of sp³-hybridized carbons (Fsp3) is 1.00. The zero-order valence-corrected chi connectivity index (χ0v) is 7.82. The lowest BCUT2D eigenvalue weighted by atomic mass is 10.2. The topological polar surface area (TPSA) is 52.9 Å². The van der Waals surface area contributed by atoms with Crippen LogP contribution in [0.3, 0.4) is 0 Å². The monoisotopic (exact) mass is 175 g/mol. The maximum atomic E-state index is 9.41. The number of aliphatic hydroxyl groups is 2. The van der Waals surface area contributed by atoms with E-state index < -0.39 is 6.41 Å². The second-order valence-corrected chi connectivity index (χ2v) is 4.16. The molecule has 4 heteroatoms. The average molecular weight is 175 g/mol. The third kappa shape index (κ3) is 2.71. The summed E-state index contributed by atoms with van der Waals surface area (Å²) in [5, 5.41) is 18.4. The molecule has 0 spiro atoms. The standard InChI is InChI=1S/C8H17NO3/c1-8(2,3)12-7(11)9-4-6(10)5-9/h6-7,10-11H,4-5H2,1-3H3. The molecule has 2 N–H and O–H groups in total. The van der Waals surface area contributed by atoms with E-state index >= 15 is 0 Å². The SMILES string of the molecule is CC(C)(C)OC(O)N1CC(O)C1. The van der Waals surface area contributed by atoms with Crippen LogP contribution in [0.1, 0.15) is 20.8 Å². The van der Waals surface area contributed by atoms with Crippen molar-refractivity contribution in [1.82, 2.24) is 4.90 Å². The number of likely N-dealkylation sites (tertiary alicyclic amines) is 1. The van der Waals surface area contributed by atoms with Crippen molar-refractivity contribution in [1.29, 1.82) is 0 Å². The molecule has 1 fully saturated rings. The first-order chi connectivity index (χ1) is 5.38. The van der Waals surface area contributed by atoms with Gasteiger partial charge in [0.15, 0.2) is 0 Å². The first kappa shape index (κ1) is 9.92. The van der Waals surface area contributed by atoms with Gasteiger partial charge in [0.05, 0.1) is 11.7 Å². The van der Waals surface area contributed by atoms with Crippen molar-refractivity contribution >= 4 is 0 Å². The van der Waals surface area contributed by atoms with Gasteiger partial charge in [-0.2, -0.15) is 0 Å². The van der Waals surface area contributed by atoms with E-state index in [0.717, 1.165) is 0 Å². The van der Waals surface area contributed by atoms with Gasteiger partial charge in [0, 0.05) is 13.1 Å². The molecule has 0 radical (unpaired) electrons. The first-order valence-corrected chi connectivity index (χ1v) is 4.16. The number of ether oxygens (including phenoxy) is 1. The van der Waals surface area contributed by atoms with Crippen LogP contribution in [0.4, 0.5) is 0 Å². The van der Waals surface area contributed by atoms with Crippen LogP contribution in [0.25, 0.3) is 0 Å². The number of hydrogen-bond acceptors (Lipinski definition) is 4. The second-order valence-electron chi connectivity index (χ2n) is 4.16. The number of hydrogen-bond donors (Lipinski definition) is 2. The number of aliphatic hydroxyl groups excluding tert-OH is 2. The van der Waals surface area contributed by atoms with Crippen LogP contribution >= 0.6 is 0 Å². The van der Waals surface area contributed by atoms with Crippen LogP contribution in [0.2, 0.25) is 0 Å². The third-order valence-electron chi connectivity index (χ3n) is 1.66. The van der Waals surface area contributed by atoms with E-state index in [9.17, 15) is 5.11 Å². The van der Waals surface area contributed by atoms with Gasteiger partial charge < -0.3 is 14.9 Å². The molecule has 1 saturated heterocycles. The van der Waals surface area contributed by atoms with Crippen molar-refractivity contribution in [3.8, 4) is 0 Å². The van der Waals surface area contributed by atoms with E-state index in [1.54, 1.807) is 4.90 Å². The van der Waals surface area contributed by atoms with Gasteiger partial charge in [-0.05, 0) is 20.8 Å². The van der Waals surface area contributed by atoms with Crippen LogP contribution in [0, 0.1) is 0 Å². The number of rotatable bonds is 2. The quantitative estimate of drug-likeness (QED) is 0.568. The molecular formula is C8H17NO3. The maximum absolute atomic E-state index is 9.41. The molecule has 1 aliphatic rings. The Morgan fingerprint density at radius 3 is 2.25 bits per heavy atom. The van der Waals surface area contributed by atoms with Crippen molar-refractivity contribution in [2.24, 2.45) is 0 Å². The Hall–Kier alpha value is -0.160. The van der Waals surface area contributed by atoms with Crippen LogP contribution < -0.4 is 0 Å². The van der Waals surface area contributed by atoms with E-state index in [1.165, 1.54) is 0 Å². The largest absolute Gasteiger partial charge is 0.390 e. The van der Waals surface area contributed by atoms with Gasteiger partial charge in [-0.15, -0.1) is 0 Å². The molecule has 1 rings (SSSR count). The predicted octanol–water partition coefficient (Wildman–Crippen LogP) is -0.246. The lowest BCUT2D eigenvalue weighted by molar-refractivity contribution is -0.267. The highest BCUT2D eigenvalue weighted by atomic mass is 16.6. The Balaban J connectivity index is 2.25. The summed E-state index contributed by atoms with van der Waals surface area (Å²) in [7, 11) is 0. The molecular weight excluding hydrogens is 158 g/mol. The molecule has 12 heavy (non-hydrogen) atoms. The van der Waals surface area contributed by atoms with Gasteiger partial charge in [0.25, 0.3) is 0 Å². The van der Waals surface area contributed by atoms with E-state index in [0.29, 0.717) is 13.1 Å². The van der Waals surface area contributed by atoms with E-state index in [-0.39, 0.29) is 11.7 Å². The van der Waals surface area contributed by atoms with Crippen LogP contribution in [0.15, 0.2) is 0 Å². The third-order valence-corrected chi connectivity index (χ3v) is 1.66. The summed E-state index contributed by atoms with van der Waals surface area (Å²) >= 11 is 0. The second kappa shape index (κ2) is 3.30. The smallest absolute Gasteiger partial charge is 0.216 e. The van der Waals surface area contributed by atoms with Gasteiger partial charge in [-0.1, -0.05) is 0 Å². The van der Waals surface area contributed by atoms with Crippen molar-refractivity contribution in [3.05, 3.63) is 0 Å². The lowest BCUT2D eigenvalue weighted by Crippen LogP contribution is -2.57. The highest BCUT2D eigenvalue weighted by Gasteiger charge is 2.32. The Morgan fingerprint density at radius 1 is 1.42 bits per heavy atom. The van der Waals surface area contributed by atoms with Crippen LogP contribution in [0.5, 0.6) is 0 Å². The van der Waals surface area contributed by atoms with Gasteiger partial charge in [0.1, 0.15) is 0 Å². The van der Waals surface area contributed by atoms with Crippen LogP contribution in [-0.2, 0) is 4.74 Å². The van der Waals surface area contributed by atoms with E-state index in [2.05, 4.69) is 0 Å². The summed E-state index contributed by atoms with van der Waals surface area (Å²) in [5.74, 6) is 0. The molecule has 72 valence electrons. The van der Waals surface area contributed by atoms with Crippen molar-refractivity contribution in [2.75, 3.05) is 13.1 Å². The van der Waals surface area contributed by atoms with Gasteiger partial charge in [0.2, 0.25) is 6.41 Å². The normalized spacial score (nSPS) is 23.8. The van der Waals surface area contributed by atoms with E-state index in [1.807, 2.05) is 20.8 Å². The summed E-state index contributed by atoms with van der Waals surface area (Å²) in [6, 6.07) is 0. The maximum Gasteiger partial charge on any atom is 0.216 e. The predicted molar refractivity (Wildman–Crippen MR) is 44.4 cm³/mol. The number of β-amino-alcohol motifs (C(OH)–C–C–N with tert-alkyl or cyclic N) is 1. The zero-order chi connectivity index (χ0) is 9.35. The lowest BCUT2D eigenvalue weighted by Gasteiger charge is -2.40. The summed E-state index contributed by atoms with van der Waals surface area (Å²) < 4.78 is 5.26. The van der Waals surface area contributed by atoms with Gasteiger partial charge in [-0.25, -0.2) is 0 Å². The molecule has 1 aliphatic heterocycles. The van der Waals surface area contributed by atoms with Gasteiger partial charge >= 0.3 is 0 Å². The average Bonchev–Trinajstić information content (AvgIpc) is 1.76. The summed E-state index contributed by atoms with van der Waals surface area (Å²) in [4.78, 5) is 1.68. The molecule has 0 amide bonds. The summed E-state index contributed by atoms with van der Waals surface area (Å²) in [6.07, 6.45) is -1.18. The molecule has 4 nitrogen and oxygen atoms in total. The van der Waals surface area contributed by atoms with E-state index in [4.69, 9.17) is 9.84 Å². The van der Waals surface area contributed by atoms with Gasteiger partial charge in [-0.3, -0.25) is 4.90 Å². The molecule has 0 aromatic heterocycles. The molecule has 0 aliphatic carbocycles. The van der Waals surface area contributed by atoms with Crippen molar-refractivity contribution in [3.63, 3.8) is 0 Å². The minimum Gasteiger partial charge on any atom is -0.390 e. The zero-order valence-electron chi connectivity index (χ0n) is 7.82. The van der Waals surface area contributed by atoms with Crippen molar-refractivity contribution < 1.29 is 14.9 Å². The minimum absolute atomic E-state index is 0.303.